The van der Waals surface area contributed by atoms with Crippen LogP contribution < -0.4 is 10.6 Å². The third-order valence-electron chi connectivity index (χ3n) is 2.22. The van der Waals surface area contributed by atoms with Crippen molar-refractivity contribution in [3.05, 3.63) is 12.7 Å². The fourth-order valence-corrected chi connectivity index (χ4v) is 1.47. The molecule has 3 N–H and O–H groups in total. The summed E-state index contributed by atoms with van der Waals surface area (Å²) in [5, 5.41) is 6.32. The maximum absolute atomic E-state index is 11.5. The van der Waals surface area contributed by atoms with Crippen LogP contribution in [0.5, 0.6) is 0 Å². The Balaban J connectivity index is 2.20. The fourth-order valence-electron chi connectivity index (χ4n) is 1.47. The standard InChI is InChI=1S/C8H11N5O/c1-2-5-3-6(14)13(4-5)8-10-7(9)11-12-8/h2,5H,1,3-4H2,(H3,9,10,11,12). The molecule has 0 saturated carbocycles. The number of hydrogen-bond acceptors (Lipinski definition) is 4. The molecule has 1 aromatic rings. The van der Waals surface area contributed by atoms with E-state index in [1.54, 1.807) is 6.08 Å². The third kappa shape index (κ3) is 1.34. The Morgan fingerprint density at radius 3 is 3.00 bits per heavy atom. The number of nitrogen functional groups attached to an aromatic ring is 1. The fraction of sp³-hybridized carbons (Fsp3) is 0.375. The lowest BCUT2D eigenvalue weighted by Crippen LogP contribution is -2.25. The van der Waals surface area contributed by atoms with Gasteiger partial charge in [-0.1, -0.05) is 6.08 Å². The van der Waals surface area contributed by atoms with Gasteiger partial charge in [-0.05, 0) is 0 Å². The zero-order valence-electron chi connectivity index (χ0n) is 7.60. The minimum atomic E-state index is 0.00824. The first-order chi connectivity index (χ1) is 6.70. The predicted molar refractivity (Wildman–Crippen MR) is 51.5 cm³/mol. The maximum atomic E-state index is 11.5. The smallest absolute Gasteiger partial charge is 0.253 e. The number of anilines is 2. The first kappa shape index (κ1) is 8.74. The van der Waals surface area contributed by atoms with Crippen LogP contribution in [0.4, 0.5) is 11.9 Å². The Morgan fingerprint density at radius 2 is 2.50 bits per heavy atom. The van der Waals surface area contributed by atoms with Gasteiger partial charge in [0, 0.05) is 18.9 Å². The van der Waals surface area contributed by atoms with Crippen LogP contribution >= 0.6 is 0 Å². The summed E-state index contributed by atoms with van der Waals surface area (Å²) in [6.07, 6.45) is 2.24. The van der Waals surface area contributed by atoms with E-state index in [1.165, 1.54) is 4.90 Å². The summed E-state index contributed by atoms with van der Waals surface area (Å²) in [4.78, 5) is 16.9. The molecule has 2 rings (SSSR count). The molecule has 6 heteroatoms. The molecule has 0 bridgehead atoms. The summed E-state index contributed by atoms with van der Waals surface area (Å²) in [7, 11) is 0. The van der Waals surface area contributed by atoms with Crippen molar-refractivity contribution in [2.24, 2.45) is 5.92 Å². The second kappa shape index (κ2) is 3.13. The Morgan fingerprint density at radius 1 is 1.71 bits per heavy atom. The number of aromatic nitrogens is 3. The first-order valence-corrected chi connectivity index (χ1v) is 4.31. The normalized spacial score (nSPS) is 21.6. The number of rotatable bonds is 2. The van der Waals surface area contributed by atoms with Crippen LogP contribution in [0, 0.1) is 5.92 Å². The van der Waals surface area contributed by atoms with Crippen molar-refractivity contribution >= 4 is 17.8 Å². The molecule has 1 saturated heterocycles. The zero-order chi connectivity index (χ0) is 10.1. The maximum Gasteiger partial charge on any atom is 0.253 e. The summed E-state index contributed by atoms with van der Waals surface area (Å²) in [6, 6.07) is 0. The van der Waals surface area contributed by atoms with Gasteiger partial charge >= 0.3 is 0 Å². The van der Waals surface area contributed by atoms with Crippen LogP contribution in [0.3, 0.4) is 0 Å². The number of carbonyl (C=O) groups excluding carboxylic acids is 1. The number of nitrogens with two attached hydrogens (primary N) is 1. The molecule has 1 aliphatic heterocycles. The number of H-pyrrole nitrogens is 1. The van der Waals surface area contributed by atoms with E-state index in [2.05, 4.69) is 21.8 Å². The van der Waals surface area contributed by atoms with Gasteiger partial charge in [0.25, 0.3) is 5.95 Å². The second-order valence-electron chi connectivity index (χ2n) is 3.22. The Kier molecular flexibility index (Phi) is 1.95. The number of amides is 1. The molecule has 14 heavy (non-hydrogen) atoms. The zero-order valence-corrected chi connectivity index (χ0v) is 7.60. The van der Waals surface area contributed by atoms with Crippen molar-refractivity contribution in [2.45, 2.75) is 6.42 Å². The molecular formula is C8H11N5O. The minimum absolute atomic E-state index is 0.00824. The first-order valence-electron chi connectivity index (χ1n) is 4.31. The van der Waals surface area contributed by atoms with Gasteiger partial charge in [-0.15, -0.1) is 11.7 Å². The van der Waals surface area contributed by atoms with E-state index in [9.17, 15) is 4.79 Å². The largest absolute Gasteiger partial charge is 0.368 e. The third-order valence-corrected chi connectivity index (χ3v) is 2.22. The molecule has 1 fully saturated rings. The summed E-state index contributed by atoms with van der Waals surface area (Å²) in [6.45, 7) is 4.24. The van der Waals surface area contributed by atoms with Gasteiger partial charge in [0.05, 0.1) is 0 Å². The number of carbonyl (C=O) groups is 1. The average molecular weight is 193 g/mol. The lowest BCUT2D eigenvalue weighted by molar-refractivity contribution is -0.117. The van der Waals surface area contributed by atoms with Gasteiger partial charge in [0.1, 0.15) is 0 Å². The van der Waals surface area contributed by atoms with Gasteiger partial charge < -0.3 is 5.73 Å². The highest BCUT2D eigenvalue weighted by atomic mass is 16.2. The van der Waals surface area contributed by atoms with Gasteiger partial charge in [-0.3, -0.25) is 9.69 Å². The molecule has 0 aliphatic carbocycles. The Labute approximate surface area is 80.8 Å². The molecule has 0 aromatic carbocycles. The molecule has 0 spiro atoms. The SMILES string of the molecule is C=CC1CC(=O)N(c2n[nH]c(N)n2)C1. The van der Waals surface area contributed by atoms with E-state index in [1.807, 2.05) is 0 Å². The van der Waals surface area contributed by atoms with Gasteiger partial charge in [0.2, 0.25) is 11.9 Å². The highest BCUT2D eigenvalue weighted by Crippen LogP contribution is 2.22. The van der Waals surface area contributed by atoms with E-state index >= 15 is 0 Å². The number of aromatic amines is 1. The molecule has 1 unspecified atom stereocenters. The molecule has 2 heterocycles. The topological polar surface area (TPSA) is 87.9 Å². The molecular weight excluding hydrogens is 182 g/mol. The molecule has 1 aliphatic rings. The van der Waals surface area contributed by atoms with Crippen molar-refractivity contribution in [2.75, 3.05) is 17.2 Å². The van der Waals surface area contributed by atoms with E-state index in [-0.39, 0.29) is 17.8 Å². The van der Waals surface area contributed by atoms with E-state index in [0.717, 1.165) is 0 Å². The average Bonchev–Trinajstić information content (AvgIpc) is 2.71. The van der Waals surface area contributed by atoms with Gasteiger partial charge in [-0.2, -0.15) is 4.98 Å². The summed E-state index contributed by atoms with van der Waals surface area (Å²) < 4.78 is 0. The molecule has 74 valence electrons. The lowest BCUT2D eigenvalue weighted by Gasteiger charge is -2.09. The quantitative estimate of drug-likeness (QED) is 0.643. The van der Waals surface area contributed by atoms with E-state index in [4.69, 9.17) is 5.73 Å². The van der Waals surface area contributed by atoms with Gasteiger partial charge in [0.15, 0.2) is 0 Å². The van der Waals surface area contributed by atoms with Crippen molar-refractivity contribution < 1.29 is 4.79 Å². The predicted octanol–water partition coefficient (Wildman–Crippen LogP) is -0.0742. The van der Waals surface area contributed by atoms with Crippen LogP contribution in [-0.2, 0) is 4.79 Å². The Hall–Kier alpha value is -1.85. The Bertz CT molecular complexity index is 372. The van der Waals surface area contributed by atoms with E-state index < -0.39 is 0 Å². The number of hydrogen-bond donors (Lipinski definition) is 2. The minimum Gasteiger partial charge on any atom is -0.368 e. The molecule has 1 amide bonds. The van der Waals surface area contributed by atoms with Crippen LogP contribution in [0.25, 0.3) is 0 Å². The summed E-state index contributed by atoms with van der Waals surface area (Å²) in [5.41, 5.74) is 5.37. The molecule has 0 radical (unpaired) electrons. The second-order valence-corrected chi connectivity index (χ2v) is 3.22. The van der Waals surface area contributed by atoms with Crippen molar-refractivity contribution in [3.8, 4) is 0 Å². The summed E-state index contributed by atoms with van der Waals surface area (Å²) in [5.74, 6) is 0.753. The lowest BCUT2D eigenvalue weighted by atomic mass is 10.1. The number of nitrogens with one attached hydrogen (secondary N) is 1. The van der Waals surface area contributed by atoms with Crippen LogP contribution in [0.2, 0.25) is 0 Å². The number of nitrogens with zero attached hydrogens (tertiary/aromatic N) is 3. The molecule has 1 atom stereocenters. The highest BCUT2D eigenvalue weighted by Gasteiger charge is 2.30. The monoisotopic (exact) mass is 193 g/mol. The van der Waals surface area contributed by atoms with Crippen molar-refractivity contribution in [1.29, 1.82) is 0 Å². The van der Waals surface area contributed by atoms with E-state index in [0.29, 0.717) is 18.9 Å². The molecule has 6 nitrogen and oxygen atoms in total. The van der Waals surface area contributed by atoms with Crippen LogP contribution in [0.15, 0.2) is 12.7 Å². The van der Waals surface area contributed by atoms with Crippen LogP contribution in [-0.4, -0.2) is 27.6 Å². The highest BCUT2D eigenvalue weighted by molar-refractivity contribution is 5.94. The summed E-state index contributed by atoms with van der Waals surface area (Å²) >= 11 is 0. The van der Waals surface area contributed by atoms with Gasteiger partial charge in [-0.25, -0.2) is 5.10 Å². The van der Waals surface area contributed by atoms with Crippen LogP contribution in [0.1, 0.15) is 6.42 Å². The van der Waals surface area contributed by atoms with Crippen molar-refractivity contribution in [3.63, 3.8) is 0 Å². The molecule has 1 aromatic heterocycles. The van der Waals surface area contributed by atoms with Crippen molar-refractivity contribution in [1.82, 2.24) is 15.2 Å².